The Morgan fingerprint density at radius 1 is 1.00 bits per heavy atom. The summed E-state index contributed by atoms with van der Waals surface area (Å²) >= 11 is 0. The molecule has 90 valence electrons. The van der Waals surface area contributed by atoms with Crippen LogP contribution in [0.4, 0.5) is 0 Å². The van der Waals surface area contributed by atoms with Gasteiger partial charge in [-0.2, -0.15) is 0 Å². The normalized spacial score (nSPS) is 43.3. The molecule has 0 aliphatic heterocycles. The van der Waals surface area contributed by atoms with Crippen molar-refractivity contribution < 1.29 is 0 Å². The quantitative estimate of drug-likeness (QED) is 0.528. The lowest BCUT2D eigenvalue weighted by Crippen LogP contribution is -2.35. The predicted molar refractivity (Wildman–Crippen MR) is 71.6 cm³/mol. The molecule has 17 heavy (non-hydrogen) atoms. The molecule has 0 nitrogen and oxygen atoms in total. The molecule has 0 bridgehead atoms. The summed E-state index contributed by atoms with van der Waals surface area (Å²) in [5.74, 6) is 3.67. The highest BCUT2D eigenvalue weighted by molar-refractivity contribution is 5.34. The molecule has 2 saturated carbocycles. The Morgan fingerprint density at radius 3 is 3.00 bits per heavy atom. The monoisotopic (exact) mass is 226 g/mol. The molecule has 2 fully saturated rings. The molecule has 0 aromatic rings. The van der Waals surface area contributed by atoms with Crippen LogP contribution in [-0.4, -0.2) is 0 Å². The van der Waals surface area contributed by atoms with E-state index in [0.29, 0.717) is 0 Å². The molecular formula is C17H22. The van der Waals surface area contributed by atoms with Crippen LogP contribution in [-0.2, 0) is 0 Å². The molecule has 0 aromatic carbocycles. The Balaban J connectivity index is 1.67. The van der Waals surface area contributed by atoms with Gasteiger partial charge in [0.2, 0.25) is 0 Å². The first kappa shape index (κ1) is 10.2. The van der Waals surface area contributed by atoms with E-state index < -0.39 is 0 Å². The van der Waals surface area contributed by atoms with Gasteiger partial charge in [0.05, 0.1) is 0 Å². The van der Waals surface area contributed by atoms with Crippen molar-refractivity contribution in [3.63, 3.8) is 0 Å². The van der Waals surface area contributed by atoms with Gasteiger partial charge in [0.25, 0.3) is 0 Å². The van der Waals surface area contributed by atoms with Gasteiger partial charge < -0.3 is 0 Å². The average molecular weight is 226 g/mol. The maximum Gasteiger partial charge on any atom is -0.00139 e. The Kier molecular flexibility index (Phi) is 2.31. The zero-order valence-corrected chi connectivity index (χ0v) is 10.6. The van der Waals surface area contributed by atoms with E-state index in [1.54, 1.807) is 5.57 Å². The minimum Gasteiger partial charge on any atom is -0.0844 e. The summed E-state index contributed by atoms with van der Waals surface area (Å²) in [5.41, 5.74) is 3.62. The SMILES string of the molecule is C1=CC2CCC3C4CCCCC4=CCC3C2=C1. The van der Waals surface area contributed by atoms with Gasteiger partial charge in [0.1, 0.15) is 0 Å². The number of fused-ring (bicyclic) bond motifs is 5. The van der Waals surface area contributed by atoms with Gasteiger partial charge in [-0.05, 0) is 62.2 Å². The number of rotatable bonds is 0. The van der Waals surface area contributed by atoms with E-state index in [1.165, 1.54) is 44.9 Å². The number of hydrogen-bond donors (Lipinski definition) is 0. The van der Waals surface area contributed by atoms with Crippen molar-refractivity contribution in [3.8, 4) is 0 Å². The van der Waals surface area contributed by atoms with Crippen LogP contribution in [0.1, 0.15) is 44.9 Å². The second kappa shape index (κ2) is 3.86. The van der Waals surface area contributed by atoms with E-state index in [9.17, 15) is 0 Å². The van der Waals surface area contributed by atoms with Crippen molar-refractivity contribution in [2.45, 2.75) is 44.9 Å². The molecule has 0 amide bonds. The molecule has 4 aliphatic carbocycles. The van der Waals surface area contributed by atoms with Crippen molar-refractivity contribution in [1.29, 1.82) is 0 Å². The van der Waals surface area contributed by atoms with Crippen LogP contribution < -0.4 is 0 Å². The van der Waals surface area contributed by atoms with Crippen molar-refractivity contribution in [3.05, 3.63) is 35.5 Å². The maximum absolute atomic E-state index is 2.62. The van der Waals surface area contributed by atoms with Crippen molar-refractivity contribution in [1.82, 2.24) is 0 Å². The first-order valence-electron chi connectivity index (χ1n) is 7.50. The van der Waals surface area contributed by atoms with E-state index in [4.69, 9.17) is 0 Å². The highest BCUT2D eigenvalue weighted by Crippen LogP contribution is 2.53. The largest absolute Gasteiger partial charge is 0.0844 e. The van der Waals surface area contributed by atoms with E-state index in [0.717, 1.165) is 23.7 Å². The van der Waals surface area contributed by atoms with Crippen LogP contribution in [0.25, 0.3) is 0 Å². The van der Waals surface area contributed by atoms with Crippen molar-refractivity contribution in [2.75, 3.05) is 0 Å². The third-order valence-electron chi connectivity index (χ3n) is 5.67. The lowest BCUT2D eigenvalue weighted by atomic mass is 9.59. The molecule has 0 heteroatoms. The predicted octanol–water partition coefficient (Wildman–Crippen LogP) is 4.65. The van der Waals surface area contributed by atoms with Crippen LogP contribution in [0.3, 0.4) is 0 Å². The lowest BCUT2D eigenvalue weighted by molar-refractivity contribution is 0.176. The molecule has 0 radical (unpaired) electrons. The molecule has 0 saturated heterocycles. The Hall–Kier alpha value is -0.780. The smallest absolute Gasteiger partial charge is 0.00139 e. The summed E-state index contributed by atoms with van der Waals surface area (Å²) in [6.45, 7) is 0. The third-order valence-corrected chi connectivity index (χ3v) is 5.67. The molecular weight excluding hydrogens is 204 g/mol. The van der Waals surface area contributed by atoms with Gasteiger partial charge in [0, 0.05) is 0 Å². The summed E-state index contributed by atoms with van der Waals surface area (Å²) in [4.78, 5) is 0. The van der Waals surface area contributed by atoms with Gasteiger partial charge in [-0.25, -0.2) is 0 Å². The third kappa shape index (κ3) is 1.49. The second-order valence-corrected chi connectivity index (χ2v) is 6.37. The van der Waals surface area contributed by atoms with Crippen molar-refractivity contribution in [2.24, 2.45) is 23.7 Å². The molecule has 0 N–H and O–H groups in total. The van der Waals surface area contributed by atoms with Crippen LogP contribution in [0.15, 0.2) is 35.5 Å². The van der Waals surface area contributed by atoms with E-state index >= 15 is 0 Å². The maximum atomic E-state index is 2.62. The summed E-state index contributed by atoms with van der Waals surface area (Å²) in [6, 6.07) is 0. The van der Waals surface area contributed by atoms with Gasteiger partial charge in [-0.1, -0.05) is 41.9 Å². The Bertz CT molecular complexity index is 410. The number of allylic oxidation sites excluding steroid dienone is 6. The van der Waals surface area contributed by atoms with Crippen LogP contribution >= 0.6 is 0 Å². The number of hydrogen-bond acceptors (Lipinski definition) is 0. The fourth-order valence-electron chi connectivity index (χ4n) is 4.89. The molecule has 0 spiro atoms. The zero-order chi connectivity index (χ0) is 11.2. The summed E-state index contributed by atoms with van der Waals surface area (Å²) in [5, 5.41) is 0. The van der Waals surface area contributed by atoms with Crippen LogP contribution in [0.5, 0.6) is 0 Å². The summed E-state index contributed by atoms with van der Waals surface area (Å²) in [7, 11) is 0. The minimum atomic E-state index is 0.815. The Morgan fingerprint density at radius 2 is 2.00 bits per heavy atom. The van der Waals surface area contributed by atoms with Gasteiger partial charge in [-0.3, -0.25) is 0 Å². The molecule has 4 aliphatic rings. The van der Waals surface area contributed by atoms with Gasteiger partial charge >= 0.3 is 0 Å². The first-order valence-corrected chi connectivity index (χ1v) is 7.50. The zero-order valence-electron chi connectivity index (χ0n) is 10.6. The first-order chi connectivity index (χ1) is 8.43. The average Bonchev–Trinajstić information content (AvgIpc) is 2.86. The fraction of sp³-hybridized carbons (Fsp3) is 0.647. The molecule has 4 atom stereocenters. The van der Waals surface area contributed by atoms with Gasteiger partial charge in [0.15, 0.2) is 0 Å². The second-order valence-electron chi connectivity index (χ2n) is 6.37. The molecule has 0 aromatic heterocycles. The minimum absolute atomic E-state index is 0.815. The Labute approximate surface area is 104 Å². The van der Waals surface area contributed by atoms with E-state index in [2.05, 4.69) is 24.3 Å². The highest BCUT2D eigenvalue weighted by atomic mass is 14.5. The van der Waals surface area contributed by atoms with Crippen molar-refractivity contribution >= 4 is 0 Å². The van der Waals surface area contributed by atoms with E-state index in [-0.39, 0.29) is 0 Å². The standard InChI is InChI=1S/C17H22/c1-2-6-14-12(4-1)8-10-17-15-7-3-5-13(15)9-11-16(14)17/h3,5,7-8,13-14,16-17H,1-2,4,6,9-11H2. The van der Waals surface area contributed by atoms with Crippen LogP contribution in [0.2, 0.25) is 0 Å². The fourth-order valence-corrected chi connectivity index (χ4v) is 4.89. The molecule has 0 heterocycles. The summed E-state index contributed by atoms with van der Waals surface area (Å²) < 4.78 is 0. The molecule has 4 unspecified atom stereocenters. The van der Waals surface area contributed by atoms with Crippen LogP contribution in [0, 0.1) is 23.7 Å². The lowest BCUT2D eigenvalue weighted by Gasteiger charge is -2.46. The summed E-state index contributed by atoms with van der Waals surface area (Å²) in [6.07, 6.45) is 19.9. The highest BCUT2D eigenvalue weighted by Gasteiger charge is 2.41. The molecule has 4 rings (SSSR count). The van der Waals surface area contributed by atoms with E-state index in [1.807, 2.05) is 5.57 Å². The topological polar surface area (TPSA) is 0 Å². The van der Waals surface area contributed by atoms with Gasteiger partial charge in [-0.15, -0.1) is 0 Å².